The maximum atomic E-state index is 11.9. The van der Waals surface area contributed by atoms with Crippen LogP contribution in [0.3, 0.4) is 0 Å². The first-order valence-corrected chi connectivity index (χ1v) is 7.06. The van der Waals surface area contributed by atoms with E-state index >= 15 is 0 Å². The third-order valence-corrected chi connectivity index (χ3v) is 4.44. The minimum Gasteiger partial charge on any atom is -0.356 e. The maximum absolute atomic E-state index is 11.9. The highest BCUT2D eigenvalue weighted by molar-refractivity contribution is 8.02. The molecule has 98 valence electrons. The van der Waals surface area contributed by atoms with Gasteiger partial charge in [0.15, 0.2) is 5.65 Å². The van der Waals surface area contributed by atoms with Crippen LogP contribution < -0.4 is 5.69 Å². The molecule has 2 aromatic rings. The SMILES string of the molecule is Cn1nnc2c(C3SC=CN3C3CC3)ncn2c1=O. The van der Waals surface area contributed by atoms with Crippen LogP contribution in [0.1, 0.15) is 23.9 Å². The number of rotatable bonds is 2. The van der Waals surface area contributed by atoms with Crippen LogP contribution in [-0.4, -0.2) is 35.3 Å². The summed E-state index contributed by atoms with van der Waals surface area (Å²) in [6, 6.07) is 0.604. The predicted octanol–water partition coefficient (Wildman–Crippen LogP) is 0.504. The number of aryl methyl sites for hydroxylation is 1. The molecule has 0 saturated heterocycles. The van der Waals surface area contributed by atoms with E-state index in [0.29, 0.717) is 11.7 Å². The third kappa shape index (κ3) is 1.59. The fourth-order valence-electron chi connectivity index (χ4n) is 2.29. The van der Waals surface area contributed by atoms with Crippen LogP contribution in [0.15, 0.2) is 22.7 Å². The standard InChI is InChI=1S/C11H12N6OS/c1-15-11(18)17-6-12-8(9(17)13-14-15)10-16(4-5-19-10)7-2-3-7/h4-7,10H,2-3H2,1H3. The van der Waals surface area contributed by atoms with Crippen molar-refractivity contribution in [1.29, 1.82) is 0 Å². The lowest BCUT2D eigenvalue weighted by atomic mass is 10.4. The van der Waals surface area contributed by atoms with Crippen LogP contribution >= 0.6 is 11.8 Å². The molecule has 0 aromatic carbocycles. The highest BCUT2D eigenvalue weighted by Crippen LogP contribution is 2.45. The van der Waals surface area contributed by atoms with E-state index in [1.165, 1.54) is 28.3 Å². The Kier molecular flexibility index (Phi) is 2.22. The third-order valence-electron chi connectivity index (χ3n) is 3.44. The van der Waals surface area contributed by atoms with Crippen molar-refractivity contribution in [3.8, 4) is 0 Å². The molecular formula is C11H12N6OS. The Balaban J connectivity index is 1.83. The van der Waals surface area contributed by atoms with E-state index < -0.39 is 0 Å². The first-order valence-electron chi connectivity index (χ1n) is 6.12. The summed E-state index contributed by atoms with van der Waals surface area (Å²) < 4.78 is 2.66. The predicted molar refractivity (Wildman–Crippen MR) is 70.4 cm³/mol. The smallest absolute Gasteiger partial charge is 0.352 e. The number of hydrogen-bond acceptors (Lipinski definition) is 6. The molecule has 19 heavy (non-hydrogen) atoms. The van der Waals surface area contributed by atoms with Crippen LogP contribution in [0, 0.1) is 0 Å². The summed E-state index contributed by atoms with van der Waals surface area (Å²) in [7, 11) is 1.58. The molecule has 0 N–H and O–H groups in total. The van der Waals surface area contributed by atoms with Gasteiger partial charge in [-0.1, -0.05) is 5.21 Å². The molecule has 0 spiro atoms. The second kappa shape index (κ2) is 3.83. The van der Waals surface area contributed by atoms with Gasteiger partial charge in [0.05, 0.1) is 0 Å². The van der Waals surface area contributed by atoms with Gasteiger partial charge in [-0.3, -0.25) is 0 Å². The molecule has 1 unspecified atom stereocenters. The molecule has 2 aliphatic rings. The second-order valence-corrected chi connectivity index (χ2v) is 5.76. The zero-order valence-corrected chi connectivity index (χ0v) is 11.1. The van der Waals surface area contributed by atoms with Gasteiger partial charge in [-0.2, -0.15) is 4.68 Å². The Labute approximate surface area is 112 Å². The average molecular weight is 276 g/mol. The van der Waals surface area contributed by atoms with Gasteiger partial charge in [0, 0.05) is 19.3 Å². The summed E-state index contributed by atoms with van der Waals surface area (Å²) in [5.41, 5.74) is 1.14. The molecule has 4 rings (SSSR count). The first-order chi connectivity index (χ1) is 9.25. The van der Waals surface area contributed by atoms with Crippen molar-refractivity contribution in [3.05, 3.63) is 34.1 Å². The summed E-state index contributed by atoms with van der Waals surface area (Å²) in [6.07, 6.45) is 6.08. The monoisotopic (exact) mass is 276 g/mol. The van der Waals surface area contributed by atoms with Crippen molar-refractivity contribution < 1.29 is 0 Å². The lowest BCUT2D eigenvalue weighted by Crippen LogP contribution is -2.27. The van der Waals surface area contributed by atoms with E-state index in [1.54, 1.807) is 18.8 Å². The molecule has 0 amide bonds. The normalized spacial score (nSPS) is 22.6. The minimum absolute atomic E-state index is 0.110. The van der Waals surface area contributed by atoms with Crippen LogP contribution in [0.2, 0.25) is 0 Å². The molecule has 0 radical (unpaired) electrons. The summed E-state index contributed by atoms with van der Waals surface area (Å²) in [5.74, 6) is 0. The van der Waals surface area contributed by atoms with E-state index in [1.807, 2.05) is 0 Å². The van der Waals surface area contributed by atoms with Gasteiger partial charge in [-0.15, -0.1) is 16.9 Å². The zero-order valence-electron chi connectivity index (χ0n) is 10.3. The number of imidazole rings is 1. The fraction of sp³-hybridized carbons (Fsp3) is 0.455. The number of thioether (sulfide) groups is 1. The largest absolute Gasteiger partial charge is 0.356 e. The summed E-state index contributed by atoms with van der Waals surface area (Å²) >= 11 is 1.69. The molecule has 1 fully saturated rings. The second-order valence-electron chi connectivity index (χ2n) is 4.77. The van der Waals surface area contributed by atoms with E-state index in [2.05, 4.69) is 31.8 Å². The molecule has 1 atom stereocenters. The summed E-state index contributed by atoms with van der Waals surface area (Å²) in [6.45, 7) is 0. The average Bonchev–Trinajstić information content (AvgIpc) is 2.99. The molecule has 7 nitrogen and oxygen atoms in total. The fourth-order valence-corrected chi connectivity index (χ4v) is 3.33. The molecular weight excluding hydrogens is 264 g/mol. The van der Waals surface area contributed by atoms with Crippen molar-refractivity contribution in [1.82, 2.24) is 29.3 Å². The van der Waals surface area contributed by atoms with E-state index in [9.17, 15) is 4.79 Å². The summed E-state index contributed by atoms with van der Waals surface area (Å²) in [5, 5.41) is 10.1. The van der Waals surface area contributed by atoms with Crippen LogP contribution in [-0.2, 0) is 7.05 Å². The van der Waals surface area contributed by atoms with E-state index in [4.69, 9.17) is 0 Å². The van der Waals surface area contributed by atoms with Crippen molar-refractivity contribution in [2.45, 2.75) is 24.3 Å². The molecule has 1 saturated carbocycles. The lowest BCUT2D eigenvalue weighted by molar-refractivity contribution is 0.354. The molecule has 2 aromatic heterocycles. The van der Waals surface area contributed by atoms with Crippen LogP contribution in [0.25, 0.3) is 5.65 Å². The van der Waals surface area contributed by atoms with Gasteiger partial charge in [0.2, 0.25) is 0 Å². The molecule has 8 heteroatoms. The maximum Gasteiger partial charge on any atom is 0.352 e. The van der Waals surface area contributed by atoms with Gasteiger partial charge >= 0.3 is 5.69 Å². The van der Waals surface area contributed by atoms with E-state index in [0.717, 1.165) is 5.69 Å². The molecule has 1 aliphatic heterocycles. The molecule has 0 bridgehead atoms. The zero-order chi connectivity index (χ0) is 13.0. The van der Waals surface area contributed by atoms with Crippen LogP contribution in [0.4, 0.5) is 0 Å². The molecule has 3 heterocycles. The minimum atomic E-state index is -0.224. The highest BCUT2D eigenvalue weighted by Gasteiger charge is 2.37. The van der Waals surface area contributed by atoms with Crippen LogP contribution in [0.5, 0.6) is 0 Å². The quantitative estimate of drug-likeness (QED) is 0.796. The van der Waals surface area contributed by atoms with E-state index in [-0.39, 0.29) is 11.1 Å². The van der Waals surface area contributed by atoms with Crippen molar-refractivity contribution in [3.63, 3.8) is 0 Å². The Morgan fingerprint density at radius 3 is 3.05 bits per heavy atom. The number of fused-ring (bicyclic) bond motifs is 1. The van der Waals surface area contributed by atoms with Crippen molar-refractivity contribution in [2.75, 3.05) is 0 Å². The van der Waals surface area contributed by atoms with Gasteiger partial charge < -0.3 is 4.90 Å². The Morgan fingerprint density at radius 2 is 2.26 bits per heavy atom. The summed E-state index contributed by atoms with van der Waals surface area (Å²) in [4.78, 5) is 18.6. The number of aromatic nitrogens is 5. The Bertz CT molecular complexity index is 730. The van der Waals surface area contributed by atoms with Gasteiger partial charge in [-0.25, -0.2) is 14.2 Å². The van der Waals surface area contributed by atoms with Gasteiger partial charge in [-0.05, 0) is 18.2 Å². The molecule has 1 aliphatic carbocycles. The van der Waals surface area contributed by atoms with Gasteiger partial charge in [0.1, 0.15) is 17.4 Å². The van der Waals surface area contributed by atoms with Crippen molar-refractivity contribution >= 4 is 17.4 Å². The lowest BCUT2D eigenvalue weighted by Gasteiger charge is -2.22. The number of nitrogens with zero attached hydrogens (tertiary/aromatic N) is 6. The first kappa shape index (κ1) is 11.0. The highest BCUT2D eigenvalue weighted by atomic mass is 32.2. The van der Waals surface area contributed by atoms with Gasteiger partial charge in [0.25, 0.3) is 0 Å². The number of hydrogen-bond donors (Lipinski definition) is 0. The topological polar surface area (TPSA) is 68.3 Å². The Morgan fingerprint density at radius 1 is 1.42 bits per heavy atom. The van der Waals surface area contributed by atoms with Crippen molar-refractivity contribution in [2.24, 2.45) is 7.05 Å². The Hall–Kier alpha value is -1.83.